The molecular formula is C10H12ClN3O. The van der Waals surface area contributed by atoms with Crippen molar-refractivity contribution in [2.24, 2.45) is 5.73 Å². The number of rotatable bonds is 2. The summed E-state index contributed by atoms with van der Waals surface area (Å²) in [7, 11) is 0. The highest BCUT2D eigenvalue weighted by Gasteiger charge is 2.07. The largest absolute Gasteiger partial charge is 0.328 e. The number of hydrogen-bond donors (Lipinski definition) is 3. The van der Waals surface area contributed by atoms with Crippen molar-refractivity contribution in [2.75, 3.05) is 0 Å². The highest BCUT2D eigenvalue weighted by atomic mass is 35.5. The third kappa shape index (κ3) is 2.06. The van der Waals surface area contributed by atoms with Gasteiger partial charge in [0, 0.05) is 11.1 Å². The minimum absolute atomic E-state index is 0.0469. The smallest absolute Gasteiger partial charge is 0.323 e. The molecule has 0 spiro atoms. The average Bonchev–Trinajstić information content (AvgIpc) is 2.44. The van der Waals surface area contributed by atoms with Gasteiger partial charge in [0.2, 0.25) is 0 Å². The second-order valence-electron chi connectivity index (χ2n) is 3.75. The van der Waals surface area contributed by atoms with Gasteiger partial charge in [-0.15, -0.1) is 0 Å². The molecule has 1 atom stereocenters. The van der Waals surface area contributed by atoms with Gasteiger partial charge in [-0.2, -0.15) is 0 Å². The van der Waals surface area contributed by atoms with Crippen molar-refractivity contribution < 1.29 is 0 Å². The quantitative estimate of drug-likeness (QED) is 0.723. The van der Waals surface area contributed by atoms with E-state index in [4.69, 9.17) is 17.3 Å². The van der Waals surface area contributed by atoms with Gasteiger partial charge in [-0.25, -0.2) is 4.79 Å². The number of nitrogens with two attached hydrogens (primary N) is 1. The Balaban J connectivity index is 2.56. The third-order valence-electron chi connectivity index (χ3n) is 2.22. The van der Waals surface area contributed by atoms with Crippen LogP contribution in [0, 0.1) is 0 Å². The van der Waals surface area contributed by atoms with Crippen LogP contribution < -0.4 is 11.4 Å². The summed E-state index contributed by atoms with van der Waals surface area (Å²) in [5, 5.41) is 0.634. The molecule has 0 fully saturated rings. The number of benzene rings is 1. The van der Waals surface area contributed by atoms with E-state index in [-0.39, 0.29) is 11.7 Å². The lowest BCUT2D eigenvalue weighted by molar-refractivity contribution is 0.739. The fraction of sp³-hybridized carbons (Fsp3) is 0.300. The molecule has 0 aliphatic rings. The zero-order valence-electron chi connectivity index (χ0n) is 8.30. The van der Waals surface area contributed by atoms with Gasteiger partial charge in [0.15, 0.2) is 0 Å². The maximum absolute atomic E-state index is 11.1. The third-order valence-corrected chi connectivity index (χ3v) is 2.58. The highest BCUT2D eigenvalue weighted by molar-refractivity contribution is 6.32. The number of hydrogen-bond acceptors (Lipinski definition) is 2. The Morgan fingerprint density at radius 1 is 1.40 bits per heavy atom. The number of halogens is 1. The molecule has 4 N–H and O–H groups in total. The van der Waals surface area contributed by atoms with Crippen LogP contribution in [0.3, 0.4) is 0 Å². The van der Waals surface area contributed by atoms with Crippen LogP contribution in [-0.4, -0.2) is 16.0 Å². The number of aromatic nitrogens is 2. The van der Waals surface area contributed by atoms with Crippen LogP contribution in [0.1, 0.15) is 12.5 Å². The second kappa shape index (κ2) is 3.72. The summed E-state index contributed by atoms with van der Waals surface area (Å²) in [6.45, 7) is 1.92. The first kappa shape index (κ1) is 10.3. The lowest BCUT2D eigenvalue weighted by atomic mass is 10.1. The minimum Gasteiger partial charge on any atom is -0.328 e. The fourth-order valence-corrected chi connectivity index (χ4v) is 1.84. The Hall–Kier alpha value is -1.26. The monoisotopic (exact) mass is 225 g/mol. The molecule has 2 aromatic rings. The van der Waals surface area contributed by atoms with Crippen molar-refractivity contribution in [3.05, 3.63) is 33.2 Å². The van der Waals surface area contributed by atoms with E-state index in [1.165, 1.54) is 0 Å². The first-order valence-corrected chi connectivity index (χ1v) is 5.10. The van der Waals surface area contributed by atoms with Crippen molar-refractivity contribution in [3.8, 4) is 0 Å². The van der Waals surface area contributed by atoms with Gasteiger partial charge in [-0.3, -0.25) is 0 Å². The summed E-state index contributed by atoms with van der Waals surface area (Å²) in [6.07, 6.45) is 0.696. The van der Waals surface area contributed by atoms with E-state index < -0.39 is 0 Å². The van der Waals surface area contributed by atoms with Crippen molar-refractivity contribution in [1.29, 1.82) is 0 Å². The maximum atomic E-state index is 11.1. The van der Waals surface area contributed by atoms with Crippen LogP contribution in [0.15, 0.2) is 16.9 Å². The molecule has 0 saturated heterocycles. The van der Waals surface area contributed by atoms with Gasteiger partial charge in [0.25, 0.3) is 0 Å². The second-order valence-corrected chi connectivity index (χ2v) is 4.16. The summed E-state index contributed by atoms with van der Waals surface area (Å²) in [5.41, 5.74) is 7.92. The molecule has 0 radical (unpaired) electrons. The molecule has 0 aliphatic carbocycles. The van der Waals surface area contributed by atoms with Crippen molar-refractivity contribution in [3.63, 3.8) is 0 Å². The molecule has 0 aliphatic heterocycles. The van der Waals surface area contributed by atoms with Crippen molar-refractivity contribution in [1.82, 2.24) is 9.97 Å². The normalized spacial score (nSPS) is 13.3. The van der Waals surface area contributed by atoms with Crippen LogP contribution in [-0.2, 0) is 6.42 Å². The predicted molar refractivity (Wildman–Crippen MR) is 61.3 cm³/mol. The molecule has 0 saturated carbocycles. The Labute approximate surface area is 91.4 Å². The van der Waals surface area contributed by atoms with E-state index in [9.17, 15) is 4.79 Å². The highest BCUT2D eigenvalue weighted by Crippen LogP contribution is 2.22. The summed E-state index contributed by atoms with van der Waals surface area (Å²) < 4.78 is 0. The van der Waals surface area contributed by atoms with Crippen LogP contribution in [0.25, 0.3) is 11.0 Å². The standard InChI is InChI=1S/C10H12ClN3O/c1-5(12)2-6-3-8-9(4-7(6)11)14-10(15)13-8/h3-5H,2,12H2,1H3,(H2,13,14,15). The molecule has 1 unspecified atom stereocenters. The van der Waals surface area contributed by atoms with Crippen LogP contribution in [0.4, 0.5) is 0 Å². The van der Waals surface area contributed by atoms with Gasteiger partial charge in [0.1, 0.15) is 0 Å². The SMILES string of the molecule is CC(N)Cc1cc2[nH]c(=O)[nH]c2cc1Cl. The molecule has 5 heteroatoms. The van der Waals surface area contributed by atoms with Crippen LogP contribution in [0.2, 0.25) is 5.02 Å². The molecule has 1 heterocycles. The number of H-pyrrole nitrogens is 2. The molecular weight excluding hydrogens is 214 g/mol. The summed E-state index contributed by atoms with van der Waals surface area (Å²) in [4.78, 5) is 16.4. The van der Waals surface area contributed by atoms with E-state index in [0.29, 0.717) is 11.4 Å². The van der Waals surface area contributed by atoms with E-state index in [2.05, 4.69) is 9.97 Å². The molecule has 0 bridgehead atoms. The lowest BCUT2D eigenvalue weighted by Crippen LogP contribution is -2.17. The van der Waals surface area contributed by atoms with Gasteiger partial charge in [0.05, 0.1) is 11.0 Å². The molecule has 4 nitrogen and oxygen atoms in total. The molecule has 0 amide bonds. The van der Waals surface area contributed by atoms with Crippen LogP contribution >= 0.6 is 11.6 Å². The number of nitrogens with one attached hydrogen (secondary N) is 2. The Kier molecular flexibility index (Phi) is 2.54. The molecule has 15 heavy (non-hydrogen) atoms. The topological polar surface area (TPSA) is 74.7 Å². The first-order chi connectivity index (χ1) is 7.06. The predicted octanol–water partition coefficient (Wildman–Crippen LogP) is 1.40. The number of fused-ring (bicyclic) bond motifs is 1. The Morgan fingerprint density at radius 2 is 2.00 bits per heavy atom. The molecule has 1 aromatic carbocycles. The van der Waals surface area contributed by atoms with E-state index in [1.54, 1.807) is 6.07 Å². The van der Waals surface area contributed by atoms with E-state index >= 15 is 0 Å². The minimum atomic E-state index is -0.223. The summed E-state index contributed by atoms with van der Waals surface area (Å²) in [5.74, 6) is 0. The number of imidazole rings is 1. The Morgan fingerprint density at radius 3 is 2.60 bits per heavy atom. The summed E-state index contributed by atoms with van der Waals surface area (Å²) in [6, 6.07) is 3.65. The zero-order chi connectivity index (χ0) is 11.0. The van der Waals surface area contributed by atoms with Gasteiger partial charge in [-0.1, -0.05) is 11.6 Å². The first-order valence-electron chi connectivity index (χ1n) is 4.72. The lowest BCUT2D eigenvalue weighted by Gasteiger charge is -2.07. The zero-order valence-corrected chi connectivity index (χ0v) is 9.06. The fourth-order valence-electron chi connectivity index (χ4n) is 1.60. The van der Waals surface area contributed by atoms with Gasteiger partial charge < -0.3 is 15.7 Å². The Bertz CT molecular complexity index is 541. The molecule has 1 aromatic heterocycles. The van der Waals surface area contributed by atoms with Gasteiger partial charge in [-0.05, 0) is 31.0 Å². The van der Waals surface area contributed by atoms with E-state index in [0.717, 1.165) is 16.6 Å². The van der Waals surface area contributed by atoms with Gasteiger partial charge >= 0.3 is 5.69 Å². The maximum Gasteiger partial charge on any atom is 0.323 e. The average molecular weight is 226 g/mol. The number of aromatic amines is 2. The van der Waals surface area contributed by atoms with Crippen LogP contribution in [0.5, 0.6) is 0 Å². The van der Waals surface area contributed by atoms with Crippen molar-refractivity contribution in [2.45, 2.75) is 19.4 Å². The molecule has 80 valence electrons. The van der Waals surface area contributed by atoms with Crippen molar-refractivity contribution >= 4 is 22.6 Å². The summed E-state index contributed by atoms with van der Waals surface area (Å²) >= 11 is 6.07. The van der Waals surface area contributed by atoms with E-state index in [1.807, 2.05) is 13.0 Å². The molecule has 2 rings (SSSR count).